The molecule has 0 spiro atoms. The van der Waals surface area contributed by atoms with E-state index in [0.717, 1.165) is 17.8 Å². The van der Waals surface area contributed by atoms with Gasteiger partial charge in [0.1, 0.15) is 0 Å². The van der Waals surface area contributed by atoms with Gasteiger partial charge in [0.25, 0.3) is 0 Å². The van der Waals surface area contributed by atoms with E-state index in [4.69, 9.17) is 0 Å². The van der Waals surface area contributed by atoms with Crippen LogP contribution in [0.3, 0.4) is 0 Å². The zero-order valence-electron chi connectivity index (χ0n) is 13.5. The first-order valence-electron chi connectivity index (χ1n) is 7.86. The summed E-state index contributed by atoms with van der Waals surface area (Å²) in [4.78, 5) is 0. The minimum absolute atomic E-state index is 0.491. The standard InChI is InChI=1S/C18H28BrN/c1-11-6-12(2)8-15(7-11)18(20-5)16-9-13(3)17(19)14(4)10-16/h9-12,15,18,20H,6-8H2,1-5H3. The van der Waals surface area contributed by atoms with Gasteiger partial charge in [0, 0.05) is 10.5 Å². The summed E-state index contributed by atoms with van der Waals surface area (Å²) in [6.45, 7) is 9.21. The lowest BCUT2D eigenvalue weighted by Gasteiger charge is -2.37. The maximum absolute atomic E-state index is 3.68. The van der Waals surface area contributed by atoms with E-state index in [1.54, 1.807) is 0 Å². The Hall–Kier alpha value is -0.340. The summed E-state index contributed by atoms with van der Waals surface area (Å²) in [5.74, 6) is 2.48. The first-order chi connectivity index (χ1) is 9.42. The van der Waals surface area contributed by atoms with Crippen molar-refractivity contribution in [1.82, 2.24) is 5.32 Å². The lowest BCUT2D eigenvalue weighted by molar-refractivity contribution is 0.180. The molecule has 1 aliphatic rings. The second-order valence-corrected chi connectivity index (χ2v) is 7.71. The lowest BCUT2D eigenvalue weighted by atomic mass is 9.72. The molecule has 1 aromatic carbocycles. The minimum Gasteiger partial charge on any atom is -0.313 e. The molecular weight excluding hydrogens is 310 g/mol. The first kappa shape index (κ1) is 16.0. The third kappa shape index (κ3) is 3.46. The van der Waals surface area contributed by atoms with Crippen molar-refractivity contribution in [3.8, 4) is 0 Å². The van der Waals surface area contributed by atoms with Crippen molar-refractivity contribution in [3.63, 3.8) is 0 Å². The Morgan fingerprint density at radius 1 is 1.05 bits per heavy atom. The predicted octanol–water partition coefficient (Wildman–Crippen LogP) is 5.40. The molecule has 0 aliphatic heterocycles. The molecule has 0 saturated heterocycles. The quantitative estimate of drug-likeness (QED) is 0.778. The minimum atomic E-state index is 0.491. The molecule has 2 heteroatoms. The van der Waals surface area contributed by atoms with Crippen molar-refractivity contribution in [2.45, 2.75) is 53.0 Å². The molecule has 0 amide bonds. The van der Waals surface area contributed by atoms with Crippen LogP contribution in [0.1, 0.15) is 55.8 Å². The smallest absolute Gasteiger partial charge is 0.0346 e. The molecule has 1 aliphatic carbocycles. The van der Waals surface area contributed by atoms with Crippen LogP contribution in [0.5, 0.6) is 0 Å². The average Bonchev–Trinajstić information content (AvgIpc) is 2.35. The second kappa shape index (κ2) is 6.62. The fourth-order valence-corrected chi connectivity index (χ4v) is 4.34. The summed E-state index contributed by atoms with van der Waals surface area (Å²) in [6.07, 6.45) is 4.10. The van der Waals surface area contributed by atoms with E-state index in [1.165, 1.54) is 40.4 Å². The van der Waals surface area contributed by atoms with Gasteiger partial charge in [-0.1, -0.05) is 41.9 Å². The monoisotopic (exact) mass is 337 g/mol. The Kier molecular flexibility index (Phi) is 5.30. The Bertz CT molecular complexity index is 435. The highest BCUT2D eigenvalue weighted by Gasteiger charge is 2.30. The maximum atomic E-state index is 3.68. The molecule has 112 valence electrons. The molecule has 0 radical (unpaired) electrons. The SMILES string of the molecule is CNC(c1cc(C)c(Br)c(C)c1)C1CC(C)CC(C)C1. The van der Waals surface area contributed by atoms with Crippen LogP contribution in [0.25, 0.3) is 0 Å². The van der Waals surface area contributed by atoms with Gasteiger partial charge in [-0.3, -0.25) is 0 Å². The van der Waals surface area contributed by atoms with E-state index in [1.807, 2.05) is 0 Å². The summed E-state index contributed by atoms with van der Waals surface area (Å²) in [5, 5.41) is 3.59. The van der Waals surface area contributed by atoms with E-state index in [9.17, 15) is 0 Å². The molecule has 3 atom stereocenters. The van der Waals surface area contributed by atoms with Gasteiger partial charge in [-0.05, 0) is 74.6 Å². The summed E-state index contributed by atoms with van der Waals surface area (Å²) in [6, 6.07) is 5.19. The highest BCUT2D eigenvalue weighted by atomic mass is 79.9. The number of halogens is 1. The van der Waals surface area contributed by atoms with Crippen LogP contribution in [0, 0.1) is 31.6 Å². The zero-order valence-corrected chi connectivity index (χ0v) is 15.0. The van der Waals surface area contributed by atoms with Crippen LogP contribution in [0.15, 0.2) is 16.6 Å². The van der Waals surface area contributed by atoms with E-state index >= 15 is 0 Å². The largest absolute Gasteiger partial charge is 0.313 e. The third-order valence-electron chi connectivity index (χ3n) is 4.82. The van der Waals surface area contributed by atoms with E-state index in [-0.39, 0.29) is 0 Å². The van der Waals surface area contributed by atoms with Crippen molar-refractivity contribution in [3.05, 3.63) is 33.3 Å². The molecule has 1 nitrogen and oxygen atoms in total. The summed E-state index contributed by atoms with van der Waals surface area (Å²) in [5.41, 5.74) is 4.14. The lowest BCUT2D eigenvalue weighted by Crippen LogP contribution is -2.31. The fourth-order valence-electron chi connectivity index (χ4n) is 4.11. The van der Waals surface area contributed by atoms with Gasteiger partial charge in [-0.15, -0.1) is 0 Å². The Morgan fingerprint density at radius 3 is 2.00 bits per heavy atom. The fraction of sp³-hybridized carbons (Fsp3) is 0.667. The van der Waals surface area contributed by atoms with E-state index in [2.05, 4.69) is 68.1 Å². The third-order valence-corrected chi connectivity index (χ3v) is 6.07. The van der Waals surface area contributed by atoms with Gasteiger partial charge in [-0.2, -0.15) is 0 Å². The Morgan fingerprint density at radius 2 is 1.55 bits per heavy atom. The summed E-state index contributed by atoms with van der Waals surface area (Å²) >= 11 is 3.68. The molecule has 0 bridgehead atoms. The van der Waals surface area contributed by atoms with Crippen LogP contribution < -0.4 is 5.32 Å². The van der Waals surface area contributed by atoms with Gasteiger partial charge >= 0.3 is 0 Å². The van der Waals surface area contributed by atoms with E-state index < -0.39 is 0 Å². The molecule has 1 saturated carbocycles. The van der Waals surface area contributed by atoms with Gasteiger partial charge in [0.15, 0.2) is 0 Å². The van der Waals surface area contributed by atoms with Crippen LogP contribution in [-0.4, -0.2) is 7.05 Å². The Balaban J connectivity index is 2.28. The van der Waals surface area contributed by atoms with Crippen molar-refractivity contribution in [2.24, 2.45) is 17.8 Å². The van der Waals surface area contributed by atoms with Gasteiger partial charge < -0.3 is 5.32 Å². The number of benzene rings is 1. The number of hydrogen-bond acceptors (Lipinski definition) is 1. The highest BCUT2D eigenvalue weighted by Crippen LogP contribution is 2.40. The first-order valence-corrected chi connectivity index (χ1v) is 8.65. The van der Waals surface area contributed by atoms with Crippen LogP contribution in [0.2, 0.25) is 0 Å². The molecule has 3 unspecified atom stereocenters. The Labute approximate surface area is 132 Å². The number of aryl methyl sites for hydroxylation is 2. The molecule has 0 aromatic heterocycles. The van der Waals surface area contributed by atoms with Crippen molar-refractivity contribution >= 4 is 15.9 Å². The molecular formula is C18H28BrN. The van der Waals surface area contributed by atoms with Gasteiger partial charge in [0.05, 0.1) is 0 Å². The molecule has 2 rings (SSSR count). The molecule has 1 fully saturated rings. The van der Waals surface area contributed by atoms with Gasteiger partial charge in [0.2, 0.25) is 0 Å². The molecule has 20 heavy (non-hydrogen) atoms. The van der Waals surface area contributed by atoms with Crippen LogP contribution in [0.4, 0.5) is 0 Å². The van der Waals surface area contributed by atoms with Crippen molar-refractivity contribution in [2.75, 3.05) is 7.05 Å². The number of rotatable bonds is 3. The van der Waals surface area contributed by atoms with Crippen LogP contribution >= 0.6 is 15.9 Å². The maximum Gasteiger partial charge on any atom is 0.0346 e. The van der Waals surface area contributed by atoms with Crippen LogP contribution in [-0.2, 0) is 0 Å². The predicted molar refractivity (Wildman–Crippen MR) is 91.1 cm³/mol. The van der Waals surface area contributed by atoms with Crippen molar-refractivity contribution in [1.29, 1.82) is 0 Å². The number of hydrogen-bond donors (Lipinski definition) is 1. The average molecular weight is 338 g/mol. The molecule has 1 aromatic rings. The van der Waals surface area contributed by atoms with Gasteiger partial charge in [-0.25, -0.2) is 0 Å². The molecule has 0 heterocycles. The van der Waals surface area contributed by atoms with E-state index in [0.29, 0.717) is 6.04 Å². The second-order valence-electron chi connectivity index (χ2n) is 6.91. The normalized spacial score (nSPS) is 28.4. The summed E-state index contributed by atoms with van der Waals surface area (Å²) in [7, 11) is 2.11. The number of nitrogens with one attached hydrogen (secondary N) is 1. The zero-order chi connectivity index (χ0) is 14.9. The summed E-state index contributed by atoms with van der Waals surface area (Å²) < 4.78 is 1.25. The molecule has 1 N–H and O–H groups in total. The van der Waals surface area contributed by atoms with Crippen molar-refractivity contribution < 1.29 is 0 Å². The highest BCUT2D eigenvalue weighted by molar-refractivity contribution is 9.10. The topological polar surface area (TPSA) is 12.0 Å².